The maximum absolute atomic E-state index is 5.39. The van der Waals surface area contributed by atoms with Crippen molar-refractivity contribution >= 4 is 28.4 Å². The molecular formula is C6H10N6S. The van der Waals surface area contributed by atoms with Gasteiger partial charge in [-0.2, -0.15) is 9.98 Å². The van der Waals surface area contributed by atoms with E-state index in [-0.39, 0.29) is 11.9 Å². The molecule has 0 spiro atoms. The van der Waals surface area contributed by atoms with Crippen molar-refractivity contribution in [3.8, 4) is 0 Å². The first-order valence-electron chi connectivity index (χ1n) is 3.44. The van der Waals surface area contributed by atoms with Gasteiger partial charge in [-0.15, -0.1) is 11.3 Å². The zero-order chi connectivity index (χ0) is 9.84. The van der Waals surface area contributed by atoms with Crippen molar-refractivity contribution in [1.82, 2.24) is 4.98 Å². The predicted octanol–water partition coefficient (Wildman–Crippen LogP) is -0.329. The summed E-state index contributed by atoms with van der Waals surface area (Å²) in [6, 6.07) is 0. The Morgan fingerprint density at radius 1 is 1.46 bits per heavy atom. The number of nitrogens with two attached hydrogens (primary N) is 3. The number of aliphatic imine (C=N–C) groups is 2. The summed E-state index contributed by atoms with van der Waals surface area (Å²) in [5.74, 6) is -0.108. The van der Waals surface area contributed by atoms with E-state index in [1.165, 1.54) is 11.3 Å². The summed E-state index contributed by atoms with van der Waals surface area (Å²) in [5, 5.41) is 0.542. The number of aryl methyl sites for hydroxylation is 1. The number of rotatable bonds is 1. The van der Waals surface area contributed by atoms with Crippen LogP contribution in [-0.4, -0.2) is 16.9 Å². The standard InChI is InChI=1S/C6H10N6S/c1-3-2-10-6(13-3)12-5(9)11-4(7)8/h2H,1H3,(H6,7,8,9,10,11,12). The van der Waals surface area contributed by atoms with Gasteiger partial charge in [0.05, 0.1) is 0 Å². The second-order valence-corrected chi connectivity index (χ2v) is 3.47. The number of hydrogen-bond donors (Lipinski definition) is 3. The summed E-state index contributed by atoms with van der Waals surface area (Å²) >= 11 is 1.41. The topological polar surface area (TPSA) is 116 Å². The van der Waals surface area contributed by atoms with E-state index in [0.29, 0.717) is 5.13 Å². The number of hydrogen-bond acceptors (Lipinski definition) is 3. The highest BCUT2D eigenvalue weighted by Crippen LogP contribution is 2.19. The van der Waals surface area contributed by atoms with E-state index >= 15 is 0 Å². The van der Waals surface area contributed by atoms with E-state index < -0.39 is 0 Å². The number of aromatic nitrogens is 1. The van der Waals surface area contributed by atoms with Gasteiger partial charge in [0.2, 0.25) is 11.1 Å². The molecule has 1 rings (SSSR count). The minimum absolute atomic E-state index is 0.00866. The van der Waals surface area contributed by atoms with Crippen molar-refractivity contribution in [3.05, 3.63) is 11.1 Å². The molecule has 6 N–H and O–H groups in total. The van der Waals surface area contributed by atoms with Crippen LogP contribution in [0.5, 0.6) is 0 Å². The second-order valence-electron chi connectivity index (χ2n) is 2.26. The van der Waals surface area contributed by atoms with Crippen molar-refractivity contribution in [3.63, 3.8) is 0 Å². The third kappa shape index (κ3) is 3.08. The van der Waals surface area contributed by atoms with Gasteiger partial charge < -0.3 is 17.2 Å². The van der Waals surface area contributed by atoms with Gasteiger partial charge in [0.15, 0.2) is 5.96 Å². The summed E-state index contributed by atoms with van der Waals surface area (Å²) < 4.78 is 0. The first kappa shape index (κ1) is 9.46. The average Bonchev–Trinajstić information content (AvgIpc) is 2.33. The Morgan fingerprint density at radius 2 is 2.15 bits per heavy atom. The highest BCUT2D eigenvalue weighted by Gasteiger charge is 1.96. The Labute approximate surface area is 79.2 Å². The number of guanidine groups is 2. The van der Waals surface area contributed by atoms with Gasteiger partial charge in [-0.3, -0.25) is 0 Å². The van der Waals surface area contributed by atoms with E-state index in [1.54, 1.807) is 6.20 Å². The molecule has 0 amide bonds. The highest BCUT2D eigenvalue weighted by molar-refractivity contribution is 7.15. The molecule has 0 saturated heterocycles. The van der Waals surface area contributed by atoms with E-state index in [2.05, 4.69) is 15.0 Å². The Kier molecular flexibility index (Phi) is 2.80. The van der Waals surface area contributed by atoms with Crippen LogP contribution in [0.4, 0.5) is 5.13 Å². The SMILES string of the molecule is Cc1cnc(/N=C(\N)N=C(N)N)s1. The van der Waals surface area contributed by atoms with Crippen LogP contribution in [0.2, 0.25) is 0 Å². The fourth-order valence-corrected chi connectivity index (χ4v) is 1.29. The maximum atomic E-state index is 5.39. The van der Waals surface area contributed by atoms with Crippen LogP contribution in [0.15, 0.2) is 16.2 Å². The van der Waals surface area contributed by atoms with Crippen molar-refractivity contribution in [2.24, 2.45) is 27.2 Å². The Balaban J connectivity index is 2.82. The lowest BCUT2D eigenvalue weighted by molar-refractivity contribution is 1.31. The van der Waals surface area contributed by atoms with E-state index in [0.717, 1.165) is 4.88 Å². The average molecular weight is 198 g/mol. The van der Waals surface area contributed by atoms with E-state index in [9.17, 15) is 0 Å². The van der Waals surface area contributed by atoms with Gasteiger partial charge in [0.25, 0.3) is 0 Å². The Bertz CT molecular complexity index is 348. The third-order valence-corrected chi connectivity index (χ3v) is 1.87. The second kappa shape index (κ2) is 3.85. The molecule has 0 atom stereocenters. The summed E-state index contributed by atoms with van der Waals surface area (Å²) in [6.45, 7) is 1.92. The number of thiazole rings is 1. The van der Waals surface area contributed by atoms with E-state index in [4.69, 9.17) is 17.2 Å². The van der Waals surface area contributed by atoms with Gasteiger partial charge >= 0.3 is 0 Å². The minimum Gasteiger partial charge on any atom is -0.370 e. The van der Waals surface area contributed by atoms with Crippen molar-refractivity contribution < 1.29 is 0 Å². The molecular weight excluding hydrogens is 188 g/mol. The highest BCUT2D eigenvalue weighted by atomic mass is 32.1. The summed E-state index contributed by atoms with van der Waals surface area (Å²) in [7, 11) is 0. The van der Waals surface area contributed by atoms with Gasteiger partial charge in [-0.05, 0) is 6.92 Å². The molecule has 7 heteroatoms. The molecule has 0 aliphatic carbocycles. The molecule has 6 nitrogen and oxygen atoms in total. The fraction of sp³-hybridized carbons (Fsp3) is 0.167. The van der Waals surface area contributed by atoms with E-state index in [1.807, 2.05) is 6.92 Å². The van der Waals surface area contributed by atoms with Crippen LogP contribution in [0.25, 0.3) is 0 Å². The van der Waals surface area contributed by atoms with Gasteiger partial charge in [-0.1, -0.05) is 0 Å². The molecule has 0 saturated carbocycles. The van der Waals surface area contributed by atoms with Crippen molar-refractivity contribution in [2.75, 3.05) is 0 Å². The number of nitrogens with zero attached hydrogens (tertiary/aromatic N) is 3. The first-order valence-corrected chi connectivity index (χ1v) is 4.26. The summed E-state index contributed by atoms with van der Waals surface area (Å²) in [6.07, 6.45) is 1.70. The smallest absolute Gasteiger partial charge is 0.225 e. The molecule has 0 unspecified atom stereocenters. The van der Waals surface area contributed by atoms with Crippen LogP contribution < -0.4 is 17.2 Å². The molecule has 13 heavy (non-hydrogen) atoms. The van der Waals surface area contributed by atoms with Crippen LogP contribution in [0.3, 0.4) is 0 Å². The maximum Gasteiger partial charge on any atom is 0.225 e. The Hall–Kier alpha value is -1.63. The van der Waals surface area contributed by atoms with Crippen molar-refractivity contribution in [2.45, 2.75) is 6.92 Å². The Morgan fingerprint density at radius 3 is 2.62 bits per heavy atom. The van der Waals surface area contributed by atoms with Gasteiger partial charge in [0.1, 0.15) is 0 Å². The normalized spacial score (nSPS) is 11.3. The quantitative estimate of drug-likeness (QED) is 0.423. The van der Waals surface area contributed by atoms with Gasteiger partial charge in [0, 0.05) is 11.1 Å². The molecule has 1 heterocycles. The predicted molar refractivity (Wildman–Crippen MR) is 53.9 cm³/mol. The zero-order valence-electron chi connectivity index (χ0n) is 7.06. The van der Waals surface area contributed by atoms with Crippen LogP contribution >= 0.6 is 11.3 Å². The zero-order valence-corrected chi connectivity index (χ0v) is 7.88. The molecule has 1 aromatic heterocycles. The van der Waals surface area contributed by atoms with Gasteiger partial charge in [-0.25, -0.2) is 4.98 Å². The van der Waals surface area contributed by atoms with Crippen LogP contribution in [-0.2, 0) is 0 Å². The summed E-state index contributed by atoms with van der Waals surface area (Å²) in [5.41, 5.74) is 15.6. The molecule has 0 fully saturated rings. The van der Waals surface area contributed by atoms with Crippen LogP contribution in [0.1, 0.15) is 4.88 Å². The molecule has 0 bridgehead atoms. The minimum atomic E-state index is -0.116. The lowest BCUT2D eigenvalue weighted by atomic mass is 10.7. The monoisotopic (exact) mass is 198 g/mol. The molecule has 1 aromatic rings. The molecule has 0 aliphatic rings. The lowest BCUT2D eigenvalue weighted by Crippen LogP contribution is -2.26. The largest absolute Gasteiger partial charge is 0.370 e. The fourth-order valence-electron chi connectivity index (χ4n) is 0.650. The molecule has 0 aliphatic heterocycles. The molecule has 0 radical (unpaired) electrons. The summed E-state index contributed by atoms with van der Waals surface area (Å²) in [4.78, 5) is 12.4. The van der Waals surface area contributed by atoms with Crippen molar-refractivity contribution in [1.29, 1.82) is 0 Å². The van der Waals surface area contributed by atoms with Crippen LogP contribution in [0, 0.1) is 6.92 Å². The third-order valence-electron chi connectivity index (χ3n) is 1.06. The first-order chi connectivity index (χ1) is 6.08. The lowest BCUT2D eigenvalue weighted by Gasteiger charge is -1.90. The molecule has 70 valence electrons. The molecule has 0 aromatic carbocycles.